The molecule has 8 heteroatoms. The zero-order valence-electron chi connectivity index (χ0n) is 9.03. The van der Waals surface area contributed by atoms with E-state index in [1.807, 2.05) is 11.4 Å². The van der Waals surface area contributed by atoms with Gasteiger partial charge in [0, 0.05) is 23.8 Å². The van der Waals surface area contributed by atoms with Crippen LogP contribution < -0.4 is 5.32 Å². The fraction of sp³-hybridized carbons (Fsp3) is 0.100. The normalized spacial score (nSPS) is 9.72. The number of aromatic nitrogens is 2. The second-order valence-electron chi connectivity index (χ2n) is 3.24. The van der Waals surface area contributed by atoms with Crippen LogP contribution in [0.1, 0.15) is 10.6 Å². The monoisotopic (exact) mass is 261 g/mol. The lowest BCUT2D eigenvalue weighted by Gasteiger charge is -2.04. The maximum absolute atomic E-state index is 10.9. The molecule has 2 aromatic heterocycles. The minimum absolute atomic E-state index is 0.134. The molecule has 1 N–H and O–H groups in total. The van der Waals surface area contributed by atoms with Crippen LogP contribution in [-0.4, -0.2) is 14.9 Å². The van der Waals surface area contributed by atoms with Gasteiger partial charge in [-0.05, 0) is 0 Å². The zero-order valence-corrected chi connectivity index (χ0v) is 9.85. The highest BCUT2D eigenvalue weighted by Crippen LogP contribution is 2.23. The summed E-state index contributed by atoms with van der Waals surface area (Å²) in [6, 6.07) is 3.01. The van der Waals surface area contributed by atoms with E-state index in [4.69, 9.17) is 5.26 Å². The molecule has 0 bridgehead atoms. The van der Waals surface area contributed by atoms with Crippen molar-refractivity contribution >= 4 is 22.8 Å². The highest BCUT2D eigenvalue weighted by molar-refractivity contribution is 7.09. The number of hydrogen-bond donors (Lipinski definition) is 1. The number of anilines is 1. The maximum Gasteiger partial charge on any atom is 0.312 e. The molecule has 18 heavy (non-hydrogen) atoms. The Hall–Kier alpha value is -2.53. The van der Waals surface area contributed by atoms with E-state index < -0.39 is 4.92 Å². The highest BCUT2D eigenvalue weighted by Gasteiger charge is 2.16. The van der Waals surface area contributed by atoms with Gasteiger partial charge in [-0.2, -0.15) is 5.26 Å². The molecule has 0 aromatic carbocycles. The summed E-state index contributed by atoms with van der Waals surface area (Å²) >= 11 is 1.44. The number of pyridine rings is 1. The molecule has 0 radical (unpaired) electrons. The van der Waals surface area contributed by atoms with Crippen molar-refractivity contribution in [1.82, 2.24) is 9.97 Å². The topological polar surface area (TPSA) is 105 Å². The zero-order chi connectivity index (χ0) is 13.0. The Labute approximate surface area is 106 Å². The highest BCUT2D eigenvalue weighted by atomic mass is 32.1. The summed E-state index contributed by atoms with van der Waals surface area (Å²) in [5, 5.41) is 25.0. The van der Waals surface area contributed by atoms with Crippen molar-refractivity contribution < 1.29 is 4.92 Å². The Kier molecular flexibility index (Phi) is 3.45. The van der Waals surface area contributed by atoms with Crippen LogP contribution >= 0.6 is 11.3 Å². The predicted octanol–water partition coefficient (Wildman–Crippen LogP) is 1.93. The minimum atomic E-state index is -0.571. The van der Waals surface area contributed by atoms with Crippen molar-refractivity contribution in [3.8, 4) is 6.07 Å². The number of nitrogens with zero attached hydrogens (tertiary/aromatic N) is 4. The van der Waals surface area contributed by atoms with Gasteiger partial charge >= 0.3 is 5.69 Å². The number of rotatable bonds is 4. The fourth-order valence-electron chi connectivity index (χ4n) is 1.29. The lowest BCUT2D eigenvalue weighted by atomic mass is 10.3. The average molecular weight is 261 g/mol. The standard InChI is InChI=1S/C10H7N5O2S/c11-4-7-3-8(15(16)17)10(13-5-7)14-6-9-12-1-2-18-9/h1-3,5H,6H2,(H,13,14). The molecule has 0 saturated heterocycles. The Morgan fingerprint density at radius 1 is 1.56 bits per heavy atom. The Bertz CT molecular complexity index is 605. The molecule has 2 rings (SSSR count). The summed E-state index contributed by atoms with van der Waals surface area (Å²) in [6.07, 6.45) is 2.94. The quantitative estimate of drug-likeness (QED) is 0.666. The SMILES string of the molecule is N#Cc1cnc(NCc2nccs2)c([N+](=O)[O-])c1. The van der Waals surface area contributed by atoms with Crippen LogP contribution in [-0.2, 0) is 6.54 Å². The number of nitriles is 1. The van der Waals surface area contributed by atoms with Crippen molar-refractivity contribution in [2.45, 2.75) is 6.54 Å². The van der Waals surface area contributed by atoms with Crippen LogP contribution in [0.3, 0.4) is 0 Å². The molecule has 90 valence electrons. The fourth-order valence-corrected chi connectivity index (χ4v) is 1.85. The minimum Gasteiger partial charge on any atom is -0.358 e. The van der Waals surface area contributed by atoms with E-state index in [1.54, 1.807) is 6.20 Å². The molecule has 0 unspecified atom stereocenters. The smallest absolute Gasteiger partial charge is 0.312 e. The second-order valence-corrected chi connectivity index (χ2v) is 4.22. The van der Waals surface area contributed by atoms with E-state index >= 15 is 0 Å². The van der Waals surface area contributed by atoms with Crippen LogP contribution in [0.5, 0.6) is 0 Å². The molecule has 2 aromatic rings. The summed E-state index contributed by atoms with van der Waals surface area (Å²) in [5.74, 6) is 0.134. The third-order valence-electron chi connectivity index (χ3n) is 2.08. The molecule has 7 nitrogen and oxygen atoms in total. The number of nitrogens with one attached hydrogen (secondary N) is 1. The molecular weight excluding hydrogens is 254 g/mol. The third kappa shape index (κ3) is 2.58. The molecule has 0 saturated carbocycles. The molecule has 0 aliphatic carbocycles. The van der Waals surface area contributed by atoms with E-state index in [2.05, 4.69) is 15.3 Å². The van der Waals surface area contributed by atoms with Gasteiger partial charge in [0.15, 0.2) is 0 Å². The van der Waals surface area contributed by atoms with Gasteiger partial charge < -0.3 is 5.32 Å². The molecule has 2 heterocycles. The molecule has 0 amide bonds. The first-order valence-electron chi connectivity index (χ1n) is 4.87. The van der Waals surface area contributed by atoms with Crippen LogP contribution in [0.25, 0.3) is 0 Å². The van der Waals surface area contributed by atoms with Gasteiger partial charge in [0.05, 0.1) is 17.0 Å². The van der Waals surface area contributed by atoms with E-state index in [9.17, 15) is 10.1 Å². The lowest BCUT2D eigenvalue weighted by Crippen LogP contribution is -2.04. The lowest BCUT2D eigenvalue weighted by molar-refractivity contribution is -0.384. The second kappa shape index (κ2) is 5.20. The molecule has 0 spiro atoms. The summed E-state index contributed by atoms with van der Waals surface area (Å²) in [5.41, 5.74) is -0.0629. The molecule has 0 atom stereocenters. The average Bonchev–Trinajstić information content (AvgIpc) is 2.89. The number of nitro groups is 1. The van der Waals surface area contributed by atoms with Crippen LogP contribution in [0, 0.1) is 21.4 Å². The molecular formula is C10H7N5O2S. The number of thiazole rings is 1. The van der Waals surface area contributed by atoms with Gasteiger partial charge in [0.25, 0.3) is 0 Å². The molecule has 0 aliphatic rings. The first-order valence-corrected chi connectivity index (χ1v) is 5.75. The first-order chi connectivity index (χ1) is 8.70. The van der Waals surface area contributed by atoms with Gasteiger partial charge in [-0.3, -0.25) is 10.1 Å². The molecule has 0 aliphatic heterocycles. The number of hydrogen-bond acceptors (Lipinski definition) is 7. The summed E-state index contributed by atoms with van der Waals surface area (Å²) in [4.78, 5) is 18.2. The van der Waals surface area contributed by atoms with Crippen LogP contribution in [0.4, 0.5) is 11.5 Å². The summed E-state index contributed by atoms with van der Waals surface area (Å²) < 4.78 is 0. The van der Waals surface area contributed by atoms with Crippen LogP contribution in [0.2, 0.25) is 0 Å². The van der Waals surface area contributed by atoms with E-state index in [-0.39, 0.29) is 17.1 Å². The van der Waals surface area contributed by atoms with Crippen molar-refractivity contribution in [3.05, 3.63) is 44.5 Å². The Morgan fingerprint density at radius 2 is 2.39 bits per heavy atom. The van der Waals surface area contributed by atoms with E-state index in [1.165, 1.54) is 23.6 Å². The van der Waals surface area contributed by atoms with Gasteiger partial charge in [-0.1, -0.05) is 0 Å². The maximum atomic E-state index is 10.9. The third-order valence-corrected chi connectivity index (χ3v) is 2.86. The van der Waals surface area contributed by atoms with Gasteiger partial charge in [-0.25, -0.2) is 9.97 Å². The Balaban J connectivity index is 2.22. The summed E-state index contributed by atoms with van der Waals surface area (Å²) in [7, 11) is 0. The largest absolute Gasteiger partial charge is 0.358 e. The van der Waals surface area contributed by atoms with Crippen molar-refractivity contribution in [2.75, 3.05) is 5.32 Å². The first kappa shape index (κ1) is 11.9. The summed E-state index contributed by atoms with van der Waals surface area (Å²) in [6.45, 7) is 0.359. The van der Waals surface area contributed by atoms with Gasteiger partial charge in [0.2, 0.25) is 5.82 Å². The predicted molar refractivity (Wildman–Crippen MR) is 65.0 cm³/mol. The van der Waals surface area contributed by atoms with Crippen molar-refractivity contribution in [2.24, 2.45) is 0 Å². The van der Waals surface area contributed by atoms with Crippen molar-refractivity contribution in [1.29, 1.82) is 5.26 Å². The van der Waals surface area contributed by atoms with E-state index in [0.29, 0.717) is 6.54 Å². The molecule has 0 fully saturated rings. The Morgan fingerprint density at radius 3 is 3.00 bits per heavy atom. The van der Waals surface area contributed by atoms with Gasteiger partial charge in [-0.15, -0.1) is 11.3 Å². The van der Waals surface area contributed by atoms with Gasteiger partial charge in [0.1, 0.15) is 11.1 Å². The van der Waals surface area contributed by atoms with Crippen LogP contribution in [0.15, 0.2) is 23.8 Å². The van der Waals surface area contributed by atoms with Crippen molar-refractivity contribution in [3.63, 3.8) is 0 Å². The van der Waals surface area contributed by atoms with E-state index in [0.717, 1.165) is 5.01 Å².